The number of ether oxygens (including phenoxy) is 1. The summed E-state index contributed by atoms with van der Waals surface area (Å²) in [5.41, 5.74) is -0.386. The summed E-state index contributed by atoms with van der Waals surface area (Å²) in [6, 6.07) is 0.310. The summed E-state index contributed by atoms with van der Waals surface area (Å²) in [7, 11) is 1.00. The number of aliphatic hydroxyl groups is 1. The van der Waals surface area contributed by atoms with Gasteiger partial charge in [-0.1, -0.05) is 113 Å². The van der Waals surface area contributed by atoms with Crippen LogP contribution in [0.15, 0.2) is 0 Å². The van der Waals surface area contributed by atoms with Crippen LogP contribution < -0.4 is 0 Å². The second-order valence-corrected chi connectivity index (χ2v) is 10.2. The summed E-state index contributed by atoms with van der Waals surface area (Å²) in [5.74, 6) is 1.54. The maximum atomic E-state index is 11.7. The van der Waals surface area contributed by atoms with Crippen molar-refractivity contribution in [3.8, 4) is 0 Å². The maximum absolute atomic E-state index is 11.7. The summed E-state index contributed by atoms with van der Waals surface area (Å²) in [4.78, 5) is 13.5. The van der Waals surface area contributed by atoms with Crippen molar-refractivity contribution in [1.29, 1.82) is 0 Å². The molecular formula is C29H65NO3. The van der Waals surface area contributed by atoms with Crippen LogP contribution in [0.25, 0.3) is 0 Å². The molecule has 0 aliphatic carbocycles. The Balaban J connectivity index is -0.000000190. The van der Waals surface area contributed by atoms with E-state index in [-0.39, 0.29) is 11.7 Å². The number of hydrogen-bond donors (Lipinski definition) is 1. The van der Waals surface area contributed by atoms with E-state index >= 15 is 0 Å². The van der Waals surface area contributed by atoms with Crippen molar-refractivity contribution < 1.29 is 14.6 Å². The molecule has 204 valence electrons. The number of likely N-dealkylation sites (tertiary alicyclic amines) is 1. The fourth-order valence-electron chi connectivity index (χ4n) is 2.62. The lowest BCUT2D eigenvalue weighted by Gasteiger charge is -2.27. The molecule has 1 amide bonds. The summed E-state index contributed by atoms with van der Waals surface area (Å²) in [6.07, 6.45) is 13.2. The highest BCUT2D eigenvalue weighted by molar-refractivity contribution is 5.68. The molecule has 1 aliphatic rings. The molecule has 0 aromatic carbocycles. The van der Waals surface area contributed by atoms with E-state index in [2.05, 4.69) is 62.3 Å². The number of rotatable bonds is 7. The molecule has 1 fully saturated rings. The molecule has 1 N–H and O–H groups in total. The minimum absolute atomic E-state index is 0.172. The predicted molar refractivity (Wildman–Crippen MR) is 149 cm³/mol. The van der Waals surface area contributed by atoms with Gasteiger partial charge in [-0.3, -0.25) is 0 Å². The zero-order valence-electron chi connectivity index (χ0n) is 25.2. The minimum Gasteiger partial charge on any atom is -0.444 e. The smallest absolute Gasteiger partial charge is 0.410 e. The van der Waals surface area contributed by atoms with Crippen LogP contribution in [-0.4, -0.2) is 41.4 Å². The summed E-state index contributed by atoms with van der Waals surface area (Å²) in [6.45, 7) is 26.4. The number of unbranched alkanes of at least 4 members (excludes halogenated alkanes) is 4. The lowest BCUT2D eigenvalue weighted by molar-refractivity contribution is 0.0225. The quantitative estimate of drug-likeness (QED) is 0.373. The Labute approximate surface area is 210 Å². The number of nitrogens with zero attached hydrogens (tertiary/aromatic N) is 1. The van der Waals surface area contributed by atoms with Gasteiger partial charge in [0.05, 0.1) is 0 Å². The highest BCUT2D eigenvalue weighted by Crippen LogP contribution is 2.25. The lowest BCUT2D eigenvalue weighted by atomic mass is 10.0. The normalized spacial score (nSPS) is 17.6. The molecular weight excluding hydrogens is 410 g/mol. The van der Waals surface area contributed by atoms with Crippen molar-refractivity contribution in [2.24, 2.45) is 11.8 Å². The number of amides is 1. The van der Waals surface area contributed by atoms with E-state index in [1.807, 2.05) is 25.7 Å². The summed E-state index contributed by atoms with van der Waals surface area (Å²) >= 11 is 0. The van der Waals surface area contributed by atoms with Crippen molar-refractivity contribution in [1.82, 2.24) is 4.90 Å². The second kappa shape index (κ2) is 27.5. The molecule has 1 aliphatic heterocycles. The van der Waals surface area contributed by atoms with E-state index in [0.29, 0.717) is 12.0 Å². The van der Waals surface area contributed by atoms with E-state index in [1.165, 1.54) is 57.8 Å². The SMILES string of the molecule is CC1CCN(C(=O)OC(C)(C)C)C1C.CCCC.CCCC.CCCCCC(C)CC.CO. The summed E-state index contributed by atoms with van der Waals surface area (Å²) in [5, 5.41) is 7.00. The number of aliphatic hydroxyl groups excluding tert-OH is 1. The van der Waals surface area contributed by atoms with Crippen LogP contribution in [0.2, 0.25) is 0 Å². The Bertz CT molecular complexity index is 372. The highest BCUT2D eigenvalue weighted by atomic mass is 16.6. The van der Waals surface area contributed by atoms with Crippen molar-refractivity contribution in [3.05, 3.63) is 0 Å². The molecule has 0 radical (unpaired) electrons. The van der Waals surface area contributed by atoms with Gasteiger partial charge in [0, 0.05) is 19.7 Å². The summed E-state index contributed by atoms with van der Waals surface area (Å²) < 4.78 is 5.33. The van der Waals surface area contributed by atoms with Crippen LogP contribution in [0.5, 0.6) is 0 Å². The Morgan fingerprint density at radius 3 is 1.64 bits per heavy atom. The maximum Gasteiger partial charge on any atom is 0.410 e. The van der Waals surface area contributed by atoms with Crippen molar-refractivity contribution in [2.75, 3.05) is 13.7 Å². The standard InChI is InChI=1S/C11H21NO2.C9H20.2C4H10.CH4O/c1-8-6-7-12(9(8)2)10(13)14-11(3,4)5;1-4-6-7-8-9(3)5-2;2*1-3-4-2;1-2/h8-9H,6-7H2,1-5H3;9H,4-8H2,1-3H3;2*3-4H2,1-2H3;2H,1H3. The Morgan fingerprint density at radius 2 is 1.36 bits per heavy atom. The molecule has 3 atom stereocenters. The van der Waals surface area contributed by atoms with E-state index in [9.17, 15) is 4.79 Å². The monoisotopic (exact) mass is 475 g/mol. The average molecular weight is 476 g/mol. The third-order valence-electron chi connectivity index (χ3n) is 5.77. The van der Waals surface area contributed by atoms with Gasteiger partial charge in [0.25, 0.3) is 0 Å². The first-order chi connectivity index (χ1) is 15.4. The number of carbonyl (C=O) groups excluding carboxylic acids is 1. The second-order valence-electron chi connectivity index (χ2n) is 10.2. The first kappa shape index (κ1) is 39.4. The van der Waals surface area contributed by atoms with Crippen molar-refractivity contribution in [2.45, 2.75) is 159 Å². The highest BCUT2D eigenvalue weighted by Gasteiger charge is 2.33. The molecule has 0 saturated carbocycles. The predicted octanol–water partition coefficient (Wildman–Crippen LogP) is 9.49. The average Bonchev–Trinajstić information content (AvgIpc) is 3.13. The molecule has 0 aromatic rings. The van der Waals surface area contributed by atoms with Crippen molar-refractivity contribution >= 4 is 6.09 Å². The van der Waals surface area contributed by atoms with Crippen LogP contribution in [0, 0.1) is 11.8 Å². The van der Waals surface area contributed by atoms with Gasteiger partial charge >= 0.3 is 6.09 Å². The molecule has 1 saturated heterocycles. The topological polar surface area (TPSA) is 49.8 Å². The van der Waals surface area contributed by atoms with Gasteiger partial charge in [0.1, 0.15) is 5.60 Å². The largest absolute Gasteiger partial charge is 0.444 e. The molecule has 0 aromatic heterocycles. The Kier molecular flexibility index (Phi) is 32.8. The third kappa shape index (κ3) is 29.2. The van der Waals surface area contributed by atoms with Gasteiger partial charge in [-0.05, 0) is 46.0 Å². The Hall–Kier alpha value is -0.770. The molecule has 1 heterocycles. The zero-order chi connectivity index (χ0) is 26.9. The van der Waals surface area contributed by atoms with E-state index < -0.39 is 0 Å². The van der Waals surface area contributed by atoms with Gasteiger partial charge in [0.15, 0.2) is 0 Å². The third-order valence-corrected chi connectivity index (χ3v) is 5.77. The lowest BCUT2D eigenvalue weighted by Crippen LogP contribution is -2.39. The minimum atomic E-state index is -0.386. The van der Waals surface area contributed by atoms with Gasteiger partial charge in [-0.25, -0.2) is 4.79 Å². The van der Waals surface area contributed by atoms with Crippen LogP contribution in [-0.2, 0) is 4.74 Å². The van der Waals surface area contributed by atoms with Gasteiger partial charge in [0.2, 0.25) is 0 Å². The van der Waals surface area contributed by atoms with Gasteiger partial charge in [-0.15, -0.1) is 0 Å². The van der Waals surface area contributed by atoms with E-state index in [1.54, 1.807) is 0 Å². The molecule has 3 unspecified atom stereocenters. The molecule has 4 nitrogen and oxygen atoms in total. The van der Waals surface area contributed by atoms with Gasteiger partial charge < -0.3 is 14.7 Å². The van der Waals surface area contributed by atoms with E-state index in [0.717, 1.165) is 26.0 Å². The first-order valence-corrected chi connectivity index (χ1v) is 13.9. The van der Waals surface area contributed by atoms with Crippen LogP contribution >= 0.6 is 0 Å². The molecule has 33 heavy (non-hydrogen) atoms. The first-order valence-electron chi connectivity index (χ1n) is 13.9. The van der Waals surface area contributed by atoms with Crippen LogP contribution in [0.4, 0.5) is 4.79 Å². The molecule has 0 bridgehead atoms. The Morgan fingerprint density at radius 1 is 0.909 bits per heavy atom. The van der Waals surface area contributed by atoms with Crippen molar-refractivity contribution in [3.63, 3.8) is 0 Å². The van der Waals surface area contributed by atoms with Crippen LogP contribution in [0.3, 0.4) is 0 Å². The molecule has 1 rings (SSSR count). The fraction of sp³-hybridized carbons (Fsp3) is 0.966. The van der Waals surface area contributed by atoms with E-state index in [4.69, 9.17) is 9.84 Å². The number of hydrogen-bond acceptors (Lipinski definition) is 3. The molecule has 0 spiro atoms. The van der Waals surface area contributed by atoms with Gasteiger partial charge in [-0.2, -0.15) is 0 Å². The molecule has 4 heteroatoms. The van der Waals surface area contributed by atoms with Crippen LogP contribution in [0.1, 0.15) is 147 Å². The number of carbonyl (C=O) groups is 1. The zero-order valence-corrected chi connectivity index (χ0v) is 25.2. The fourth-order valence-corrected chi connectivity index (χ4v) is 2.62.